The highest BCUT2D eigenvalue weighted by Gasteiger charge is 2.31. The van der Waals surface area contributed by atoms with Gasteiger partial charge in [0.25, 0.3) is 5.91 Å². The van der Waals surface area contributed by atoms with Crippen LogP contribution in [0.1, 0.15) is 37.3 Å². The second-order valence-electron chi connectivity index (χ2n) is 8.87. The maximum atomic E-state index is 13.3. The monoisotopic (exact) mass is 546 g/mol. The van der Waals surface area contributed by atoms with Crippen molar-refractivity contribution < 1.29 is 27.6 Å². The first-order valence-corrected chi connectivity index (χ1v) is 12.3. The molecule has 3 rings (SSSR count). The van der Waals surface area contributed by atoms with Crippen molar-refractivity contribution in [3.05, 3.63) is 77.5 Å². The fraction of sp³-hybridized carbons (Fsp3) is 0.333. The molecule has 0 saturated carbocycles. The van der Waals surface area contributed by atoms with Gasteiger partial charge in [0.05, 0.1) is 16.2 Å². The van der Waals surface area contributed by atoms with Gasteiger partial charge < -0.3 is 20.4 Å². The van der Waals surface area contributed by atoms with Crippen molar-refractivity contribution in [2.75, 3.05) is 20.2 Å². The van der Waals surface area contributed by atoms with Crippen LogP contribution in [0.2, 0.25) is 0 Å². The molecule has 0 unspecified atom stereocenters. The number of hydrogen-bond acceptors (Lipinski definition) is 5. The highest BCUT2D eigenvalue weighted by atomic mass is 32.1. The minimum absolute atomic E-state index is 0.0297. The van der Waals surface area contributed by atoms with Gasteiger partial charge in [0, 0.05) is 31.0 Å². The van der Waals surface area contributed by atoms with Gasteiger partial charge in [-0.1, -0.05) is 60.4 Å². The first-order chi connectivity index (χ1) is 18.0. The summed E-state index contributed by atoms with van der Waals surface area (Å²) >= 11 is 5.47. The summed E-state index contributed by atoms with van der Waals surface area (Å²) in [5.74, 6) is -0.359. The summed E-state index contributed by atoms with van der Waals surface area (Å²) in [5, 5.41) is 9.01. The van der Waals surface area contributed by atoms with E-state index in [4.69, 9.17) is 12.2 Å². The number of hydrogen-bond donors (Lipinski definition) is 2. The smallest absolute Gasteiger partial charge is 0.398 e. The van der Waals surface area contributed by atoms with Crippen LogP contribution in [0, 0.1) is 5.92 Å². The van der Waals surface area contributed by atoms with Crippen LogP contribution >= 0.6 is 12.2 Å². The molecule has 1 aliphatic carbocycles. The maximum absolute atomic E-state index is 13.3. The molecule has 0 radical (unpaired) electrons. The Hall–Kier alpha value is -3.73. The lowest BCUT2D eigenvalue weighted by atomic mass is 9.94. The minimum atomic E-state index is -4.40. The molecule has 1 aromatic carbocycles. The Labute approximate surface area is 224 Å². The number of allylic oxidation sites excluding steroid dienone is 5. The third-order valence-electron chi connectivity index (χ3n) is 6.17. The van der Waals surface area contributed by atoms with Crippen LogP contribution in [0.4, 0.5) is 13.2 Å². The zero-order valence-electron chi connectivity index (χ0n) is 21.1. The number of amidine groups is 1. The number of amides is 2. The maximum Gasteiger partial charge on any atom is 0.416 e. The van der Waals surface area contributed by atoms with E-state index < -0.39 is 17.6 Å². The first kappa shape index (κ1) is 28.8. The lowest BCUT2D eigenvalue weighted by Gasteiger charge is -2.33. The molecule has 2 aliphatic rings. The molecule has 1 heterocycles. The molecule has 2 amide bonds. The fourth-order valence-corrected chi connectivity index (χ4v) is 4.50. The fourth-order valence-electron chi connectivity index (χ4n) is 4.14. The number of benzene rings is 1. The molecule has 7 nitrogen and oxygen atoms in total. The summed E-state index contributed by atoms with van der Waals surface area (Å²) in [6, 6.07) is 4.94. The topological polar surface area (TPSA) is 83.0 Å². The van der Waals surface area contributed by atoms with Crippen molar-refractivity contribution in [2.45, 2.75) is 32.4 Å². The standard InChI is InChI=1S/C27H29F3N4O3S/c1-17(24(35)32-18(2)33-37-3)31-25(38)20-12-14-34(15-13-20)26(36)22-7-5-4-6-21(16-22)19-8-10-23(11-9-19)27(28,29)30/h4-11,20H,1,12-16H2,2-3H3,(H,31,38)(H,32,33,35). The molecule has 2 N–H and O–H groups in total. The van der Waals surface area contributed by atoms with Crippen LogP contribution in [-0.4, -0.2) is 47.7 Å². The quantitative estimate of drug-likeness (QED) is 0.177. The summed E-state index contributed by atoms with van der Waals surface area (Å²) in [4.78, 5) is 32.3. The van der Waals surface area contributed by atoms with Crippen LogP contribution in [0.3, 0.4) is 0 Å². The van der Waals surface area contributed by atoms with E-state index in [0.717, 1.165) is 17.7 Å². The molecule has 1 aliphatic heterocycles. The van der Waals surface area contributed by atoms with Gasteiger partial charge in [-0.05, 0) is 43.0 Å². The number of rotatable bonds is 6. The van der Waals surface area contributed by atoms with Gasteiger partial charge in [-0.3, -0.25) is 9.59 Å². The number of oxime groups is 1. The largest absolute Gasteiger partial charge is 0.416 e. The van der Waals surface area contributed by atoms with E-state index in [-0.39, 0.29) is 23.4 Å². The predicted octanol–water partition coefficient (Wildman–Crippen LogP) is 4.74. The summed E-state index contributed by atoms with van der Waals surface area (Å²) in [6.07, 6.45) is 4.20. The van der Waals surface area contributed by atoms with Gasteiger partial charge in [0.1, 0.15) is 12.9 Å². The van der Waals surface area contributed by atoms with Crippen LogP contribution in [0.5, 0.6) is 0 Å². The van der Waals surface area contributed by atoms with Crippen LogP contribution in [0.25, 0.3) is 5.57 Å². The Morgan fingerprint density at radius 2 is 1.74 bits per heavy atom. The zero-order valence-corrected chi connectivity index (χ0v) is 21.9. The summed E-state index contributed by atoms with van der Waals surface area (Å²) < 4.78 is 38.8. The van der Waals surface area contributed by atoms with Crippen molar-refractivity contribution >= 4 is 40.4 Å². The number of halogens is 3. The van der Waals surface area contributed by atoms with Crippen molar-refractivity contribution in [2.24, 2.45) is 11.1 Å². The average molecular weight is 547 g/mol. The van der Waals surface area contributed by atoms with Crippen molar-refractivity contribution in [1.29, 1.82) is 0 Å². The van der Waals surface area contributed by atoms with Gasteiger partial charge in [-0.15, -0.1) is 0 Å². The Kier molecular flexibility index (Phi) is 9.62. The van der Waals surface area contributed by atoms with Crippen molar-refractivity contribution in [3.8, 4) is 0 Å². The number of piperidine rings is 1. The van der Waals surface area contributed by atoms with E-state index in [9.17, 15) is 22.8 Å². The highest BCUT2D eigenvalue weighted by molar-refractivity contribution is 7.80. The Bertz CT molecular complexity index is 1210. The molecule has 202 valence electrons. The molecule has 1 aromatic rings. The minimum Gasteiger partial charge on any atom is -0.398 e. The van der Waals surface area contributed by atoms with Gasteiger partial charge in [-0.2, -0.15) is 13.2 Å². The molecule has 0 bridgehead atoms. The van der Waals surface area contributed by atoms with Crippen molar-refractivity contribution in [1.82, 2.24) is 15.5 Å². The first-order valence-electron chi connectivity index (χ1n) is 11.9. The van der Waals surface area contributed by atoms with E-state index in [1.165, 1.54) is 19.2 Å². The van der Waals surface area contributed by atoms with Crippen LogP contribution in [-0.2, 0) is 20.6 Å². The second kappa shape index (κ2) is 12.7. The number of thiocarbonyl (C=S) groups is 1. The van der Waals surface area contributed by atoms with Gasteiger partial charge >= 0.3 is 6.18 Å². The molecule has 1 saturated heterocycles. The number of carbonyl (C=O) groups is 2. The van der Waals surface area contributed by atoms with Crippen LogP contribution in [0.15, 0.2) is 71.6 Å². The molecular formula is C27H29F3N4O3S. The lowest BCUT2D eigenvalue weighted by Crippen LogP contribution is -2.44. The third-order valence-corrected chi connectivity index (χ3v) is 6.60. The summed E-state index contributed by atoms with van der Waals surface area (Å²) in [6.45, 7) is 6.24. The number of nitrogens with zero attached hydrogens (tertiary/aromatic N) is 2. The molecule has 11 heteroatoms. The number of likely N-dealkylation sites (tertiary alicyclic amines) is 1. The Morgan fingerprint density at radius 1 is 1.11 bits per heavy atom. The third kappa shape index (κ3) is 7.64. The Morgan fingerprint density at radius 3 is 2.34 bits per heavy atom. The summed E-state index contributed by atoms with van der Waals surface area (Å²) in [7, 11) is 1.37. The summed E-state index contributed by atoms with van der Waals surface area (Å²) in [5.41, 5.74) is 1.31. The predicted molar refractivity (Wildman–Crippen MR) is 144 cm³/mol. The Balaban J connectivity index is 1.55. The molecular weight excluding hydrogens is 517 g/mol. The SMILES string of the molecule is C=C(NC(=S)C1CCN(C(=O)C2=CC=CC=C(c3ccc(C(F)(F)F)cc3)C2)CC1)C(=O)N/C(C)=N/OC. The van der Waals surface area contributed by atoms with Gasteiger partial charge in [0.15, 0.2) is 0 Å². The highest BCUT2D eigenvalue weighted by Crippen LogP contribution is 2.32. The van der Waals surface area contributed by atoms with E-state index in [1.807, 2.05) is 0 Å². The van der Waals surface area contributed by atoms with Crippen LogP contribution < -0.4 is 10.6 Å². The molecule has 0 spiro atoms. The second-order valence-corrected chi connectivity index (χ2v) is 9.31. The van der Waals surface area contributed by atoms with E-state index >= 15 is 0 Å². The zero-order chi connectivity index (χ0) is 27.9. The van der Waals surface area contributed by atoms with Gasteiger partial charge in [0.2, 0.25) is 5.91 Å². The normalized spacial score (nSPS) is 16.7. The molecule has 0 aromatic heterocycles. The van der Waals surface area contributed by atoms with Crippen molar-refractivity contribution in [3.63, 3.8) is 0 Å². The average Bonchev–Trinajstić information content (AvgIpc) is 3.14. The number of carbonyl (C=O) groups excluding carboxylic acids is 2. The molecule has 1 fully saturated rings. The van der Waals surface area contributed by atoms with E-state index in [2.05, 4.69) is 27.2 Å². The number of alkyl halides is 3. The number of nitrogens with one attached hydrogen (secondary N) is 2. The lowest BCUT2D eigenvalue weighted by molar-refractivity contribution is -0.137. The van der Waals surface area contributed by atoms with E-state index in [1.54, 1.807) is 36.1 Å². The molecule has 38 heavy (non-hydrogen) atoms. The molecule has 0 atom stereocenters. The van der Waals surface area contributed by atoms with Gasteiger partial charge in [-0.25, -0.2) is 0 Å². The van der Waals surface area contributed by atoms with E-state index in [0.29, 0.717) is 48.5 Å².